The van der Waals surface area contributed by atoms with Crippen molar-refractivity contribution in [2.24, 2.45) is 5.92 Å². The summed E-state index contributed by atoms with van der Waals surface area (Å²) in [6, 6.07) is 7.91. The third kappa shape index (κ3) is 4.50. The first-order chi connectivity index (χ1) is 16.0. The molecule has 1 atom stereocenters. The highest BCUT2D eigenvalue weighted by molar-refractivity contribution is 7.19. The van der Waals surface area contributed by atoms with Gasteiger partial charge in [-0.2, -0.15) is 0 Å². The van der Waals surface area contributed by atoms with Gasteiger partial charge in [-0.05, 0) is 56.2 Å². The van der Waals surface area contributed by atoms with Crippen LogP contribution < -0.4 is 4.90 Å². The van der Waals surface area contributed by atoms with Crippen LogP contribution in [0.5, 0.6) is 0 Å². The minimum Gasteiger partial charge on any atom is -0.352 e. The minimum absolute atomic E-state index is 0.132. The lowest BCUT2D eigenvalue weighted by atomic mass is 9.89. The van der Waals surface area contributed by atoms with Crippen LogP contribution in [0.4, 0.5) is 5.82 Å². The number of aryl methyl sites for hydroxylation is 3. The number of amides is 1. The Bertz CT molecular complexity index is 1150. The van der Waals surface area contributed by atoms with Gasteiger partial charge >= 0.3 is 0 Å². The van der Waals surface area contributed by atoms with Crippen molar-refractivity contribution in [3.8, 4) is 0 Å². The quantitative estimate of drug-likeness (QED) is 0.507. The van der Waals surface area contributed by atoms with Crippen LogP contribution in [-0.2, 0) is 19.3 Å². The molecule has 33 heavy (non-hydrogen) atoms. The van der Waals surface area contributed by atoms with Crippen molar-refractivity contribution in [3.05, 3.63) is 51.7 Å². The van der Waals surface area contributed by atoms with E-state index >= 15 is 0 Å². The number of thiophene rings is 1. The molecule has 0 radical (unpaired) electrons. The topological polar surface area (TPSA) is 49.3 Å². The van der Waals surface area contributed by atoms with Gasteiger partial charge in [0, 0.05) is 43.0 Å². The van der Waals surface area contributed by atoms with Crippen molar-refractivity contribution in [3.63, 3.8) is 0 Å². The molecule has 1 aliphatic heterocycles. The summed E-state index contributed by atoms with van der Waals surface area (Å²) in [5.41, 5.74) is 3.45. The number of rotatable bonds is 5. The van der Waals surface area contributed by atoms with Gasteiger partial charge in [-0.3, -0.25) is 4.79 Å². The maximum Gasteiger partial charge on any atom is 0.253 e. The molecule has 1 aromatic carbocycles. The van der Waals surface area contributed by atoms with E-state index in [1.54, 1.807) is 0 Å². The van der Waals surface area contributed by atoms with E-state index in [9.17, 15) is 4.79 Å². The van der Waals surface area contributed by atoms with Gasteiger partial charge in [0.05, 0.1) is 5.39 Å². The van der Waals surface area contributed by atoms with E-state index in [0.29, 0.717) is 0 Å². The zero-order valence-electron chi connectivity index (χ0n) is 20.1. The number of carbonyl (C=O) groups is 1. The molecule has 1 saturated heterocycles. The summed E-state index contributed by atoms with van der Waals surface area (Å²) in [4.78, 5) is 30.2. The third-order valence-corrected chi connectivity index (χ3v) is 8.25. The highest BCUT2D eigenvalue weighted by Gasteiger charge is 2.28. The second-order valence-electron chi connectivity index (χ2n) is 9.74. The molecule has 0 saturated carbocycles. The average Bonchev–Trinajstić information content (AvgIpc) is 3.19. The van der Waals surface area contributed by atoms with Gasteiger partial charge in [0.25, 0.3) is 5.91 Å². The molecule has 0 N–H and O–H groups in total. The highest BCUT2D eigenvalue weighted by Crippen LogP contribution is 2.41. The van der Waals surface area contributed by atoms with Crippen molar-refractivity contribution in [2.45, 2.75) is 59.3 Å². The van der Waals surface area contributed by atoms with Crippen LogP contribution in [0.15, 0.2) is 24.3 Å². The smallest absolute Gasteiger partial charge is 0.253 e. The first-order valence-corrected chi connectivity index (χ1v) is 13.3. The molecule has 0 unspecified atom stereocenters. The molecule has 0 spiro atoms. The number of piperazine rings is 1. The fourth-order valence-corrected chi connectivity index (χ4v) is 6.44. The molecule has 2 aromatic heterocycles. The molecule has 174 valence electrons. The van der Waals surface area contributed by atoms with E-state index in [2.05, 4.69) is 18.7 Å². The molecule has 2 aliphatic rings. The summed E-state index contributed by atoms with van der Waals surface area (Å²) >= 11 is 1.89. The van der Waals surface area contributed by atoms with Crippen molar-refractivity contribution in [2.75, 3.05) is 31.1 Å². The van der Waals surface area contributed by atoms with Crippen LogP contribution in [0, 0.1) is 12.8 Å². The fourth-order valence-electron chi connectivity index (χ4n) is 5.04. The number of hydrogen-bond acceptors (Lipinski definition) is 5. The lowest BCUT2D eigenvalue weighted by molar-refractivity contribution is 0.0746. The van der Waals surface area contributed by atoms with Crippen molar-refractivity contribution in [1.82, 2.24) is 14.9 Å². The minimum atomic E-state index is 0.132. The van der Waals surface area contributed by atoms with Crippen LogP contribution in [0.3, 0.4) is 0 Å². The number of carbonyl (C=O) groups excluding carboxylic acids is 1. The van der Waals surface area contributed by atoms with Gasteiger partial charge in [-0.25, -0.2) is 9.97 Å². The summed E-state index contributed by atoms with van der Waals surface area (Å²) in [5, 5.41) is 1.29. The summed E-state index contributed by atoms with van der Waals surface area (Å²) < 4.78 is 0. The van der Waals surface area contributed by atoms with Gasteiger partial charge in [-0.1, -0.05) is 38.0 Å². The molecule has 0 bridgehead atoms. The number of unbranched alkanes of at least 4 members (excludes halogenated alkanes) is 1. The SMILES string of the molecule is CCCCc1nc(N2CCN(C(=O)c3ccc(C)cc3)CC2)c2c3c(sc2n1)C[C@@H](C)CC3. The van der Waals surface area contributed by atoms with Crippen LogP contribution >= 0.6 is 11.3 Å². The Morgan fingerprint density at radius 1 is 1.12 bits per heavy atom. The largest absolute Gasteiger partial charge is 0.352 e. The van der Waals surface area contributed by atoms with Crippen molar-refractivity contribution < 1.29 is 4.79 Å². The molecule has 3 heterocycles. The highest BCUT2D eigenvalue weighted by atomic mass is 32.1. The predicted molar refractivity (Wildman–Crippen MR) is 137 cm³/mol. The monoisotopic (exact) mass is 462 g/mol. The second-order valence-corrected chi connectivity index (χ2v) is 10.8. The standard InChI is InChI=1S/C27H34N4OS/c1-4-5-6-23-28-25(24-21-12-9-19(3)17-22(21)33-26(24)29-23)30-13-15-31(16-14-30)27(32)20-10-7-18(2)8-11-20/h7-8,10-11,19H,4-6,9,12-17H2,1-3H3/t19-/m0/s1. The molecular weight excluding hydrogens is 428 g/mol. The molecule has 3 aromatic rings. The Labute approximate surface area is 200 Å². The van der Waals surface area contributed by atoms with Gasteiger partial charge in [-0.15, -0.1) is 11.3 Å². The molecule has 1 aliphatic carbocycles. The van der Waals surface area contributed by atoms with E-state index < -0.39 is 0 Å². The second kappa shape index (κ2) is 9.41. The Morgan fingerprint density at radius 3 is 2.61 bits per heavy atom. The number of hydrogen-bond donors (Lipinski definition) is 0. The Kier molecular flexibility index (Phi) is 6.37. The van der Waals surface area contributed by atoms with E-state index in [4.69, 9.17) is 9.97 Å². The number of fused-ring (bicyclic) bond motifs is 3. The van der Waals surface area contributed by atoms with Crippen LogP contribution in [-0.4, -0.2) is 47.0 Å². The first kappa shape index (κ1) is 22.3. The number of aromatic nitrogens is 2. The van der Waals surface area contributed by atoms with E-state index in [1.165, 1.54) is 39.1 Å². The Morgan fingerprint density at radius 2 is 1.88 bits per heavy atom. The van der Waals surface area contributed by atoms with Gasteiger partial charge in [0.2, 0.25) is 0 Å². The number of anilines is 1. The summed E-state index contributed by atoms with van der Waals surface area (Å²) in [5.74, 6) is 2.97. The molecule has 1 amide bonds. The van der Waals surface area contributed by atoms with Crippen molar-refractivity contribution in [1.29, 1.82) is 0 Å². The predicted octanol–water partition coefficient (Wildman–Crippen LogP) is 5.43. The summed E-state index contributed by atoms with van der Waals surface area (Å²) in [7, 11) is 0. The summed E-state index contributed by atoms with van der Waals surface area (Å²) in [6.07, 6.45) is 6.74. The van der Waals surface area contributed by atoms with E-state index in [0.717, 1.165) is 75.0 Å². The average molecular weight is 463 g/mol. The molecule has 5 nitrogen and oxygen atoms in total. The van der Waals surface area contributed by atoms with Gasteiger partial charge in [0.15, 0.2) is 0 Å². The third-order valence-electron chi connectivity index (χ3n) is 7.10. The Balaban J connectivity index is 1.41. The van der Waals surface area contributed by atoms with Crippen LogP contribution in [0.2, 0.25) is 0 Å². The van der Waals surface area contributed by atoms with Crippen LogP contribution in [0.1, 0.15) is 65.3 Å². The van der Waals surface area contributed by atoms with E-state index in [1.807, 2.05) is 47.4 Å². The van der Waals surface area contributed by atoms with Gasteiger partial charge < -0.3 is 9.80 Å². The lowest BCUT2D eigenvalue weighted by Gasteiger charge is -2.36. The number of benzene rings is 1. The van der Waals surface area contributed by atoms with Crippen molar-refractivity contribution >= 4 is 33.3 Å². The molecule has 1 fully saturated rings. The lowest BCUT2D eigenvalue weighted by Crippen LogP contribution is -2.49. The first-order valence-electron chi connectivity index (χ1n) is 12.5. The van der Waals surface area contributed by atoms with Crippen LogP contribution in [0.25, 0.3) is 10.2 Å². The zero-order chi connectivity index (χ0) is 22.9. The maximum atomic E-state index is 13.0. The van der Waals surface area contributed by atoms with E-state index in [-0.39, 0.29) is 5.91 Å². The number of nitrogens with zero attached hydrogens (tertiary/aromatic N) is 4. The summed E-state index contributed by atoms with van der Waals surface area (Å²) in [6.45, 7) is 9.72. The molecule has 5 rings (SSSR count). The van der Waals surface area contributed by atoms with Gasteiger partial charge in [0.1, 0.15) is 16.5 Å². The fraction of sp³-hybridized carbons (Fsp3) is 0.519. The normalized spacial score (nSPS) is 18.6. The Hall–Kier alpha value is -2.47. The molecule has 6 heteroatoms. The molecular formula is C27H34N4OS. The maximum absolute atomic E-state index is 13.0. The zero-order valence-corrected chi connectivity index (χ0v) is 20.9.